The van der Waals surface area contributed by atoms with E-state index in [1.54, 1.807) is 54.8 Å². The van der Waals surface area contributed by atoms with Gasteiger partial charge in [-0.2, -0.15) is 5.10 Å². The molecule has 3 aromatic rings. The third-order valence-corrected chi connectivity index (χ3v) is 6.43. The van der Waals surface area contributed by atoms with Crippen molar-refractivity contribution in [2.75, 3.05) is 7.11 Å². The van der Waals surface area contributed by atoms with Gasteiger partial charge in [0.05, 0.1) is 41.1 Å². The summed E-state index contributed by atoms with van der Waals surface area (Å²) in [7, 11) is 1.46. The van der Waals surface area contributed by atoms with Gasteiger partial charge in [0, 0.05) is 0 Å². The molecule has 4 rings (SSSR count). The van der Waals surface area contributed by atoms with E-state index in [4.69, 9.17) is 32.4 Å². The second-order valence-electron chi connectivity index (χ2n) is 6.78. The number of phenolic OH excluding ortho intramolecular Hbond substituents is 1. The van der Waals surface area contributed by atoms with Crippen molar-refractivity contribution in [2.45, 2.75) is 6.54 Å². The molecule has 1 fully saturated rings. The zero-order valence-electron chi connectivity index (χ0n) is 17.2. The Hall–Kier alpha value is -3.20. The van der Waals surface area contributed by atoms with Gasteiger partial charge in [0.2, 0.25) is 0 Å². The van der Waals surface area contributed by atoms with Gasteiger partial charge in [0.15, 0.2) is 16.7 Å². The lowest BCUT2D eigenvalue weighted by Gasteiger charge is -2.12. The number of amides is 1. The number of methoxy groups -OCH3 is 1. The van der Waals surface area contributed by atoms with Gasteiger partial charge in [-0.05, 0) is 65.4 Å². The molecule has 0 atom stereocenters. The fraction of sp³-hybridized carbons (Fsp3) is 0.0870. The number of phenols is 1. The monoisotopic (exact) mass is 501 g/mol. The minimum absolute atomic E-state index is 0.0250. The molecule has 0 unspecified atom stereocenters. The number of nitrogens with zero attached hydrogens (tertiary/aromatic N) is 3. The Morgan fingerprint density at radius 2 is 2.06 bits per heavy atom. The van der Waals surface area contributed by atoms with Gasteiger partial charge in [-0.25, -0.2) is 0 Å². The van der Waals surface area contributed by atoms with Crippen molar-refractivity contribution in [1.82, 2.24) is 4.90 Å². The van der Waals surface area contributed by atoms with Crippen molar-refractivity contribution in [3.8, 4) is 11.5 Å². The SMILES string of the molecule is COc1cc(/C=N\N=C2\S/C(=C\c3cccc(Cl)c3Cl)C(=O)N2Cc2ccco2)ccc1O. The molecule has 1 aliphatic rings. The Labute approximate surface area is 204 Å². The van der Waals surface area contributed by atoms with Crippen LogP contribution in [0.4, 0.5) is 0 Å². The Kier molecular flexibility index (Phi) is 7.08. The number of thioether (sulfide) groups is 1. The zero-order chi connectivity index (χ0) is 23.4. The Morgan fingerprint density at radius 1 is 1.21 bits per heavy atom. The highest BCUT2D eigenvalue weighted by atomic mass is 35.5. The first-order valence-electron chi connectivity index (χ1n) is 9.62. The quantitative estimate of drug-likeness (QED) is 0.261. The lowest BCUT2D eigenvalue weighted by atomic mass is 10.2. The molecule has 1 amide bonds. The summed E-state index contributed by atoms with van der Waals surface area (Å²) in [5.74, 6) is 0.690. The fourth-order valence-electron chi connectivity index (χ4n) is 2.97. The number of benzene rings is 2. The van der Waals surface area contributed by atoms with Crippen LogP contribution in [0, 0.1) is 0 Å². The van der Waals surface area contributed by atoms with Gasteiger partial charge in [0.1, 0.15) is 5.76 Å². The largest absolute Gasteiger partial charge is 0.504 e. The molecule has 0 spiro atoms. The molecular formula is C23H17Cl2N3O4S. The first-order chi connectivity index (χ1) is 16.0. The maximum atomic E-state index is 13.1. The van der Waals surface area contributed by atoms with Crippen LogP contribution in [0.3, 0.4) is 0 Å². The summed E-state index contributed by atoms with van der Waals surface area (Å²) >= 11 is 13.6. The van der Waals surface area contributed by atoms with Crippen LogP contribution in [0.25, 0.3) is 6.08 Å². The van der Waals surface area contributed by atoms with E-state index in [0.717, 1.165) is 0 Å². The highest BCUT2D eigenvalue weighted by molar-refractivity contribution is 8.18. The Bertz CT molecular complexity index is 1270. The number of hydrogen-bond donors (Lipinski definition) is 1. The molecule has 0 radical (unpaired) electrons. The standard InChI is InChI=1S/C23H17Cl2N3O4S/c1-31-19-10-14(7-8-18(19)29)12-26-27-23-28(13-16-5-3-9-32-16)22(30)20(33-23)11-15-4-2-6-17(24)21(15)25/h2-12,29H,13H2,1H3/b20-11-,26-12-,27-23+. The van der Waals surface area contributed by atoms with Gasteiger partial charge in [-0.15, -0.1) is 5.10 Å². The number of rotatable bonds is 6. The third-order valence-electron chi connectivity index (χ3n) is 4.60. The molecule has 1 aliphatic heterocycles. The first-order valence-corrected chi connectivity index (χ1v) is 11.2. The molecule has 33 heavy (non-hydrogen) atoms. The molecule has 10 heteroatoms. The highest BCUT2D eigenvalue weighted by Gasteiger charge is 2.34. The van der Waals surface area contributed by atoms with E-state index in [-0.39, 0.29) is 18.2 Å². The summed E-state index contributed by atoms with van der Waals surface area (Å²) in [5, 5.41) is 19.2. The van der Waals surface area contributed by atoms with Crippen LogP contribution in [0.1, 0.15) is 16.9 Å². The van der Waals surface area contributed by atoms with E-state index in [2.05, 4.69) is 10.2 Å². The maximum absolute atomic E-state index is 13.1. The molecule has 2 heterocycles. The maximum Gasteiger partial charge on any atom is 0.267 e. The van der Waals surface area contributed by atoms with E-state index in [1.807, 2.05) is 0 Å². The van der Waals surface area contributed by atoms with Crippen LogP contribution in [0.5, 0.6) is 11.5 Å². The van der Waals surface area contributed by atoms with Crippen LogP contribution >= 0.6 is 35.0 Å². The second-order valence-corrected chi connectivity index (χ2v) is 8.58. The van der Waals surface area contributed by atoms with Crippen molar-refractivity contribution in [3.63, 3.8) is 0 Å². The van der Waals surface area contributed by atoms with E-state index in [9.17, 15) is 9.90 Å². The van der Waals surface area contributed by atoms with Crippen molar-refractivity contribution in [2.24, 2.45) is 10.2 Å². The fourth-order valence-corrected chi connectivity index (χ4v) is 4.26. The predicted molar refractivity (Wildman–Crippen MR) is 131 cm³/mol. The summed E-state index contributed by atoms with van der Waals surface area (Å²) in [6.07, 6.45) is 4.72. The molecule has 7 nitrogen and oxygen atoms in total. The Balaban J connectivity index is 1.64. The number of ether oxygens (including phenoxy) is 1. The predicted octanol–water partition coefficient (Wildman–Crippen LogP) is 5.81. The van der Waals surface area contributed by atoms with Gasteiger partial charge < -0.3 is 14.3 Å². The summed E-state index contributed by atoms with van der Waals surface area (Å²) < 4.78 is 10.5. The number of hydrogen-bond acceptors (Lipinski definition) is 7. The van der Waals surface area contributed by atoms with E-state index >= 15 is 0 Å². The molecule has 0 aliphatic carbocycles. The number of amidine groups is 1. The van der Waals surface area contributed by atoms with Crippen LogP contribution in [-0.2, 0) is 11.3 Å². The summed E-state index contributed by atoms with van der Waals surface area (Å²) in [5.41, 5.74) is 1.29. The van der Waals surface area contributed by atoms with Crippen LogP contribution in [-0.4, -0.2) is 34.4 Å². The molecule has 1 saturated heterocycles. The van der Waals surface area contributed by atoms with Crippen molar-refractivity contribution < 1.29 is 19.1 Å². The molecule has 1 N–H and O–H groups in total. The summed E-state index contributed by atoms with van der Waals surface area (Å²) in [6, 6.07) is 13.5. The number of halogens is 2. The van der Waals surface area contributed by atoms with Gasteiger partial charge in [-0.1, -0.05) is 35.3 Å². The average molecular weight is 502 g/mol. The van der Waals surface area contributed by atoms with Crippen molar-refractivity contribution >= 4 is 58.3 Å². The lowest BCUT2D eigenvalue weighted by Crippen LogP contribution is -2.28. The van der Waals surface area contributed by atoms with E-state index in [0.29, 0.717) is 42.8 Å². The van der Waals surface area contributed by atoms with Crippen LogP contribution < -0.4 is 4.74 Å². The highest BCUT2D eigenvalue weighted by Crippen LogP contribution is 2.36. The average Bonchev–Trinajstić information content (AvgIpc) is 3.42. The minimum atomic E-state index is -0.257. The molecule has 2 aromatic carbocycles. The summed E-state index contributed by atoms with van der Waals surface area (Å²) in [6.45, 7) is 0.195. The number of carbonyl (C=O) groups is 1. The number of aromatic hydroxyl groups is 1. The molecule has 1 aromatic heterocycles. The normalized spacial score (nSPS) is 16.5. The molecular weight excluding hydrogens is 485 g/mol. The molecule has 0 bridgehead atoms. The summed E-state index contributed by atoms with van der Waals surface area (Å²) in [4.78, 5) is 15.0. The number of carbonyl (C=O) groups excluding carboxylic acids is 1. The third kappa shape index (κ3) is 5.24. The minimum Gasteiger partial charge on any atom is -0.504 e. The van der Waals surface area contributed by atoms with Crippen LogP contribution in [0.15, 0.2) is 74.3 Å². The van der Waals surface area contributed by atoms with Gasteiger partial charge in [-0.3, -0.25) is 9.69 Å². The first kappa shape index (κ1) is 23.0. The molecule has 168 valence electrons. The van der Waals surface area contributed by atoms with Gasteiger partial charge in [0.25, 0.3) is 5.91 Å². The van der Waals surface area contributed by atoms with Crippen LogP contribution in [0.2, 0.25) is 10.0 Å². The van der Waals surface area contributed by atoms with Gasteiger partial charge >= 0.3 is 0 Å². The molecule has 0 saturated carbocycles. The smallest absolute Gasteiger partial charge is 0.267 e. The van der Waals surface area contributed by atoms with Crippen molar-refractivity contribution in [1.29, 1.82) is 0 Å². The lowest BCUT2D eigenvalue weighted by molar-refractivity contribution is -0.122. The zero-order valence-corrected chi connectivity index (χ0v) is 19.6. The second kappa shape index (κ2) is 10.2. The van der Waals surface area contributed by atoms with E-state index < -0.39 is 0 Å². The number of furan rings is 1. The topological polar surface area (TPSA) is 87.6 Å². The van der Waals surface area contributed by atoms with E-state index in [1.165, 1.54) is 36.1 Å². The Morgan fingerprint density at radius 3 is 2.82 bits per heavy atom. The van der Waals surface area contributed by atoms with Crippen molar-refractivity contribution in [3.05, 3.63) is 86.6 Å².